The van der Waals surface area contributed by atoms with Crippen molar-refractivity contribution in [2.24, 2.45) is 0 Å². The van der Waals surface area contributed by atoms with E-state index < -0.39 is 32.5 Å². The molecule has 1 aromatic carbocycles. The fraction of sp³-hybridized carbons (Fsp3) is 0.125. The van der Waals surface area contributed by atoms with E-state index in [4.69, 9.17) is 5.11 Å². The lowest BCUT2D eigenvalue weighted by Crippen LogP contribution is -2.09. The van der Waals surface area contributed by atoms with E-state index >= 15 is 0 Å². The highest BCUT2D eigenvalue weighted by molar-refractivity contribution is 7.86. The molecule has 0 aliphatic rings. The summed E-state index contributed by atoms with van der Waals surface area (Å²) in [6, 6.07) is 1.90. The van der Waals surface area contributed by atoms with E-state index in [9.17, 15) is 21.5 Å². The lowest BCUT2D eigenvalue weighted by atomic mass is 10.1. The monoisotopic (exact) mass is 236 g/mol. The molecule has 0 heterocycles. The summed E-state index contributed by atoms with van der Waals surface area (Å²) in [5.41, 5.74) is -1.06. The van der Waals surface area contributed by atoms with Crippen molar-refractivity contribution in [1.82, 2.24) is 0 Å². The molecule has 0 saturated heterocycles. The molecule has 0 amide bonds. The van der Waals surface area contributed by atoms with Crippen molar-refractivity contribution in [2.45, 2.75) is 11.8 Å². The Hall–Kier alpha value is -1.50. The molecule has 0 atom stereocenters. The molecule has 7 heteroatoms. The average Bonchev–Trinajstić information content (AvgIpc) is 2.06. The van der Waals surface area contributed by atoms with Crippen LogP contribution in [0.25, 0.3) is 0 Å². The molecule has 0 bridgehead atoms. The molecule has 0 spiro atoms. The van der Waals surface area contributed by atoms with E-state index in [1.165, 1.54) is 6.92 Å². The maximum Gasteiger partial charge on any atom is 0.337 e. The first-order valence-electron chi connectivity index (χ1n) is 3.72. The third kappa shape index (κ3) is 2.12. The second-order valence-corrected chi connectivity index (χ2v) is 4.10. The Labute approximate surface area is 84.4 Å². The summed E-state index contributed by atoms with van der Waals surface area (Å²) >= 11 is 0. The van der Waals surface area contributed by atoms with Gasteiger partial charge in [0, 0.05) is 0 Å². The van der Waals surface area contributed by atoms with E-state index in [1.54, 1.807) is 0 Å². The highest BCUT2D eigenvalue weighted by Crippen LogP contribution is 2.24. The van der Waals surface area contributed by atoms with Gasteiger partial charge >= 0.3 is 16.2 Å². The number of aromatic carboxylic acids is 1. The molecule has 0 fully saturated rings. The lowest BCUT2D eigenvalue weighted by Gasteiger charge is -2.04. The van der Waals surface area contributed by atoms with Crippen molar-refractivity contribution < 1.29 is 26.6 Å². The van der Waals surface area contributed by atoms with Crippen molar-refractivity contribution in [3.63, 3.8) is 0 Å². The molecule has 0 saturated carbocycles. The molecule has 4 nitrogen and oxygen atoms in total. The van der Waals surface area contributed by atoms with Gasteiger partial charge in [0.25, 0.3) is 0 Å². The Balaban J connectivity index is 3.72. The predicted molar refractivity (Wildman–Crippen MR) is 46.4 cm³/mol. The Kier molecular flexibility index (Phi) is 2.76. The van der Waals surface area contributed by atoms with Crippen LogP contribution < -0.4 is 0 Å². The summed E-state index contributed by atoms with van der Waals surface area (Å²) in [6.07, 6.45) is 0. The van der Waals surface area contributed by atoms with Gasteiger partial charge < -0.3 is 5.11 Å². The molecule has 0 aliphatic carbocycles. The van der Waals surface area contributed by atoms with Crippen molar-refractivity contribution in [3.8, 4) is 0 Å². The third-order valence-electron chi connectivity index (χ3n) is 1.76. The maximum atomic E-state index is 13.2. The van der Waals surface area contributed by atoms with Crippen LogP contribution in [0.5, 0.6) is 0 Å². The predicted octanol–water partition coefficient (Wildman–Crippen LogP) is 1.49. The fourth-order valence-corrected chi connectivity index (χ4v) is 1.85. The molecule has 82 valence electrons. The fourth-order valence-electron chi connectivity index (χ4n) is 1.06. The zero-order valence-electron chi connectivity index (χ0n) is 7.49. The van der Waals surface area contributed by atoms with Gasteiger partial charge in [0.15, 0.2) is 0 Å². The van der Waals surface area contributed by atoms with Gasteiger partial charge in [-0.05, 0) is 18.6 Å². The molecule has 0 aliphatic heterocycles. The van der Waals surface area contributed by atoms with Crippen LogP contribution in [0, 0.1) is 12.7 Å². The number of rotatable bonds is 2. The van der Waals surface area contributed by atoms with Crippen LogP contribution in [0.15, 0.2) is 17.0 Å². The van der Waals surface area contributed by atoms with Crippen LogP contribution in [0.1, 0.15) is 15.9 Å². The molecule has 0 unspecified atom stereocenters. The van der Waals surface area contributed by atoms with E-state index in [2.05, 4.69) is 0 Å². The van der Waals surface area contributed by atoms with Gasteiger partial charge in [-0.15, -0.1) is 3.89 Å². The first-order valence-corrected chi connectivity index (χ1v) is 5.10. The summed E-state index contributed by atoms with van der Waals surface area (Å²) in [6.45, 7) is 1.20. The minimum absolute atomic E-state index is 0.142. The summed E-state index contributed by atoms with van der Waals surface area (Å²) in [5, 5.41) is 8.55. The third-order valence-corrected chi connectivity index (χ3v) is 2.65. The highest BCUT2D eigenvalue weighted by atomic mass is 32.3. The number of aryl methyl sites for hydroxylation is 1. The van der Waals surface area contributed by atoms with Gasteiger partial charge in [-0.1, -0.05) is 6.07 Å². The Morgan fingerprint density at radius 1 is 1.40 bits per heavy atom. The normalized spacial score (nSPS) is 11.4. The van der Waals surface area contributed by atoms with Crippen molar-refractivity contribution in [3.05, 3.63) is 29.1 Å². The first kappa shape index (κ1) is 11.6. The van der Waals surface area contributed by atoms with Crippen molar-refractivity contribution >= 4 is 16.2 Å². The second kappa shape index (κ2) is 3.58. The summed E-state index contributed by atoms with van der Waals surface area (Å²) in [4.78, 5) is 9.11. The number of hydrogen-bond donors (Lipinski definition) is 1. The topological polar surface area (TPSA) is 71.4 Å². The van der Waals surface area contributed by atoms with Crippen LogP contribution in [0.2, 0.25) is 0 Å². The zero-order chi connectivity index (χ0) is 11.8. The van der Waals surface area contributed by atoms with Crippen LogP contribution in [0.3, 0.4) is 0 Å². The first-order chi connectivity index (χ1) is 6.75. The minimum atomic E-state index is -5.39. The smallest absolute Gasteiger partial charge is 0.337 e. The highest BCUT2D eigenvalue weighted by Gasteiger charge is 2.27. The standard InChI is InChI=1S/C8H6F2O4S/c1-4-2-3-5(8(11)12)7(6(4)9)15(10,13)14/h2-3H,1H3,(H,11,12). The summed E-state index contributed by atoms with van der Waals surface area (Å²) in [5.74, 6) is -3.08. The van der Waals surface area contributed by atoms with Gasteiger partial charge in [-0.3, -0.25) is 0 Å². The Morgan fingerprint density at radius 3 is 2.33 bits per heavy atom. The largest absolute Gasteiger partial charge is 0.478 e. The van der Waals surface area contributed by atoms with E-state index in [0.29, 0.717) is 0 Å². The van der Waals surface area contributed by atoms with Crippen LogP contribution in [0.4, 0.5) is 8.28 Å². The SMILES string of the molecule is Cc1ccc(C(=O)O)c(S(=O)(=O)F)c1F. The number of halogens is 2. The zero-order valence-corrected chi connectivity index (χ0v) is 8.31. The summed E-state index contributed by atoms with van der Waals surface area (Å²) in [7, 11) is -5.39. The molecule has 0 aromatic heterocycles. The Bertz CT molecular complexity index is 522. The van der Waals surface area contributed by atoms with E-state index in [0.717, 1.165) is 12.1 Å². The van der Waals surface area contributed by atoms with Crippen molar-refractivity contribution in [1.29, 1.82) is 0 Å². The number of hydrogen-bond acceptors (Lipinski definition) is 3. The van der Waals surface area contributed by atoms with Crippen LogP contribution in [-0.2, 0) is 10.2 Å². The molecule has 0 radical (unpaired) electrons. The second-order valence-electron chi connectivity index (χ2n) is 2.82. The molecule has 1 rings (SSSR count). The quantitative estimate of drug-likeness (QED) is 0.789. The van der Waals surface area contributed by atoms with Gasteiger partial charge in [-0.2, -0.15) is 8.42 Å². The van der Waals surface area contributed by atoms with Crippen molar-refractivity contribution in [2.75, 3.05) is 0 Å². The lowest BCUT2D eigenvalue weighted by molar-refractivity contribution is 0.0691. The van der Waals surface area contributed by atoms with Crippen LogP contribution >= 0.6 is 0 Å². The minimum Gasteiger partial charge on any atom is -0.478 e. The number of carboxylic acid groups (broad SMARTS) is 1. The average molecular weight is 236 g/mol. The molecule has 15 heavy (non-hydrogen) atoms. The van der Waals surface area contributed by atoms with E-state index in [1.807, 2.05) is 0 Å². The van der Waals surface area contributed by atoms with Gasteiger partial charge in [-0.25, -0.2) is 9.18 Å². The molecule has 1 N–H and O–H groups in total. The van der Waals surface area contributed by atoms with Gasteiger partial charge in [0.1, 0.15) is 10.7 Å². The Morgan fingerprint density at radius 2 is 1.93 bits per heavy atom. The number of benzene rings is 1. The van der Waals surface area contributed by atoms with E-state index in [-0.39, 0.29) is 5.56 Å². The number of carboxylic acids is 1. The van der Waals surface area contributed by atoms with Crippen LogP contribution in [-0.4, -0.2) is 19.5 Å². The van der Waals surface area contributed by atoms with Gasteiger partial charge in [0.2, 0.25) is 0 Å². The maximum absolute atomic E-state index is 13.2. The number of carbonyl (C=O) groups is 1. The molecule has 1 aromatic rings. The molecular weight excluding hydrogens is 230 g/mol. The van der Waals surface area contributed by atoms with Gasteiger partial charge in [0.05, 0.1) is 5.56 Å². The summed E-state index contributed by atoms with van der Waals surface area (Å²) < 4.78 is 47.0. The molecular formula is C8H6F2O4S.